The minimum absolute atomic E-state index is 0.123. The highest BCUT2D eigenvalue weighted by molar-refractivity contribution is 5.75. The number of nitrogens with zero attached hydrogens (tertiary/aromatic N) is 1. The molecule has 1 amide bonds. The summed E-state index contributed by atoms with van der Waals surface area (Å²) in [6.07, 6.45) is 4.94. The first-order valence-corrected chi connectivity index (χ1v) is 10.4. The maximum absolute atomic E-state index is 12.7. The van der Waals surface area contributed by atoms with Crippen molar-refractivity contribution in [3.63, 3.8) is 0 Å². The summed E-state index contributed by atoms with van der Waals surface area (Å²) in [5.41, 5.74) is 3.33. The molecule has 2 aromatic carbocycles. The van der Waals surface area contributed by atoms with E-state index in [1.165, 1.54) is 11.1 Å². The van der Waals surface area contributed by atoms with Crippen LogP contribution in [0.3, 0.4) is 0 Å². The lowest BCUT2D eigenvalue weighted by atomic mass is 9.95. The Balaban J connectivity index is 1.42. The molecule has 152 valence electrons. The van der Waals surface area contributed by atoms with Gasteiger partial charge in [-0.15, -0.1) is 0 Å². The smallest absolute Gasteiger partial charge is 0.410 e. The predicted octanol–water partition coefficient (Wildman–Crippen LogP) is 5.82. The lowest BCUT2D eigenvalue weighted by Gasteiger charge is -2.33. The van der Waals surface area contributed by atoms with Crippen LogP contribution in [0.25, 0.3) is 5.57 Å². The summed E-state index contributed by atoms with van der Waals surface area (Å²) in [4.78, 5) is 14.6. The third kappa shape index (κ3) is 4.64. The van der Waals surface area contributed by atoms with Crippen molar-refractivity contribution in [3.05, 3.63) is 71.8 Å². The van der Waals surface area contributed by atoms with Crippen molar-refractivity contribution in [3.8, 4) is 5.75 Å². The molecule has 0 aliphatic carbocycles. The summed E-state index contributed by atoms with van der Waals surface area (Å²) in [5, 5.41) is 0. The molecule has 2 aliphatic heterocycles. The molecule has 2 unspecified atom stereocenters. The lowest BCUT2D eigenvalue weighted by Crippen LogP contribution is -2.43. The summed E-state index contributed by atoms with van der Waals surface area (Å²) < 4.78 is 11.5. The average Bonchev–Trinajstić information content (AvgIpc) is 2.96. The van der Waals surface area contributed by atoms with Gasteiger partial charge in [-0.05, 0) is 68.9 Å². The van der Waals surface area contributed by atoms with Crippen molar-refractivity contribution in [2.45, 2.75) is 64.3 Å². The van der Waals surface area contributed by atoms with Gasteiger partial charge < -0.3 is 9.47 Å². The van der Waals surface area contributed by atoms with Crippen LogP contribution >= 0.6 is 0 Å². The van der Waals surface area contributed by atoms with Crippen LogP contribution in [0.1, 0.15) is 51.2 Å². The van der Waals surface area contributed by atoms with Crippen LogP contribution in [0.15, 0.2) is 60.7 Å². The van der Waals surface area contributed by atoms with E-state index in [1.54, 1.807) is 0 Å². The first-order chi connectivity index (χ1) is 13.9. The van der Waals surface area contributed by atoms with Crippen molar-refractivity contribution in [1.82, 2.24) is 4.90 Å². The summed E-state index contributed by atoms with van der Waals surface area (Å²) in [5.74, 6) is 0.881. The van der Waals surface area contributed by atoms with E-state index in [4.69, 9.17) is 9.47 Å². The standard InChI is InChI=1S/C25H29NO3/c1-25(2,3)29-23-13-9-19(10-14-23)20-15-21-11-12-22(16-20)26(21)24(27)28-17-18-7-5-4-6-8-18/h4-10,13-15,21-22H,11-12,16-17H2,1-3H3. The zero-order valence-electron chi connectivity index (χ0n) is 17.4. The average molecular weight is 392 g/mol. The highest BCUT2D eigenvalue weighted by atomic mass is 16.6. The Hall–Kier alpha value is -2.75. The molecule has 29 heavy (non-hydrogen) atoms. The number of hydrogen-bond donors (Lipinski definition) is 0. The number of benzene rings is 2. The topological polar surface area (TPSA) is 38.8 Å². The fourth-order valence-corrected chi connectivity index (χ4v) is 4.21. The van der Waals surface area contributed by atoms with Gasteiger partial charge in [0.2, 0.25) is 0 Å². The first kappa shape index (κ1) is 19.6. The molecule has 4 rings (SSSR count). The van der Waals surface area contributed by atoms with Crippen molar-refractivity contribution in [1.29, 1.82) is 0 Å². The number of carbonyl (C=O) groups is 1. The molecule has 0 N–H and O–H groups in total. The Bertz CT molecular complexity index is 881. The maximum Gasteiger partial charge on any atom is 0.410 e. The first-order valence-electron chi connectivity index (χ1n) is 10.4. The monoisotopic (exact) mass is 391 g/mol. The number of carbonyl (C=O) groups excluding carboxylic acids is 1. The zero-order chi connectivity index (χ0) is 20.4. The Morgan fingerprint density at radius 1 is 1.03 bits per heavy atom. The van der Waals surface area contributed by atoms with E-state index in [2.05, 4.69) is 18.2 Å². The molecule has 2 aromatic rings. The van der Waals surface area contributed by atoms with Crippen molar-refractivity contribution in [2.75, 3.05) is 0 Å². The highest BCUT2D eigenvalue weighted by Gasteiger charge is 2.40. The minimum Gasteiger partial charge on any atom is -0.488 e. The number of amides is 1. The second kappa shape index (κ2) is 7.94. The molecule has 0 radical (unpaired) electrons. The van der Waals surface area contributed by atoms with E-state index < -0.39 is 0 Å². The van der Waals surface area contributed by atoms with Crippen LogP contribution in [0.5, 0.6) is 5.75 Å². The molecular weight excluding hydrogens is 362 g/mol. The number of ether oxygens (including phenoxy) is 2. The van der Waals surface area contributed by atoms with Crippen LogP contribution < -0.4 is 4.74 Å². The second-order valence-electron chi connectivity index (χ2n) is 8.88. The third-order valence-electron chi connectivity index (χ3n) is 5.46. The molecule has 4 heteroatoms. The van der Waals surface area contributed by atoms with E-state index in [1.807, 2.05) is 68.1 Å². The van der Waals surface area contributed by atoms with Gasteiger partial charge in [-0.25, -0.2) is 4.79 Å². The van der Waals surface area contributed by atoms with Gasteiger partial charge in [0.15, 0.2) is 0 Å². The van der Waals surface area contributed by atoms with Crippen LogP contribution in [0, 0.1) is 0 Å². The van der Waals surface area contributed by atoms with E-state index in [9.17, 15) is 4.79 Å². The summed E-state index contributed by atoms with van der Waals surface area (Å²) in [7, 11) is 0. The van der Waals surface area contributed by atoms with Gasteiger partial charge in [0.25, 0.3) is 0 Å². The molecule has 2 bridgehead atoms. The molecule has 0 aromatic heterocycles. The Kier molecular flexibility index (Phi) is 5.35. The summed E-state index contributed by atoms with van der Waals surface area (Å²) >= 11 is 0. The molecule has 2 atom stereocenters. The van der Waals surface area contributed by atoms with Crippen LogP contribution in [0.4, 0.5) is 4.79 Å². The predicted molar refractivity (Wildman–Crippen MR) is 115 cm³/mol. The lowest BCUT2D eigenvalue weighted by molar-refractivity contribution is 0.0832. The second-order valence-corrected chi connectivity index (χ2v) is 8.88. The molecular formula is C25H29NO3. The van der Waals surface area contributed by atoms with Gasteiger partial charge >= 0.3 is 6.09 Å². The highest BCUT2D eigenvalue weighted by Crippen LogP contribution is 2.39. The van der Waals surface area contributed by atoms with E-state index in [-0.39, 0.29) is 23.8 Å². The van der Waals surface area contributed by atoms with E-state index in [0.29, 0.717) is 6.61 Å². The molecule has 1 saturated heterocycles. The maximum atomic E-state index is 12.7. The molecule has 0 spiro atoms. The van der Waals surface area contributed by atoms with Gasteiger partial charge in [-0.1, -0.05) is 48.5 Å². The van der Waals surface area contributed by atoms with Crippen molar-refractivity contribution in [2.24, 2.45) is 0 Å². The van der Waals surface area contributed by atoms with Gasteiger partial charge in [-0.3, -0.25) is 4.90 Å². The van der Waals surface area contributed by atoms with Crippen molar-refractivity contribution < 1.29 is 14.3 Å². The normalized spacial score (nSPS) is 20.9. The van der Waals surface area contributed by atoms with Gasteiger partial charge in [0.05, 0.1) is 6.04 Å². The molecule has 2 aliphatic rings. The Morgan fingerprint density at radius 3 is 2.41 bits per heavy atom. The van der Waals surface area contributed by atoms with Crippen LogP contribution in [0.2, 0.25) is 0 Å². The van der Waals surface area contributed by atoms with E-state index in [0.717, 1.165) is 30.6 Å². The number of hydrogen-bond acceptors (Lipinski definition) is 3. The molecule has 4 nitrogen and oxygen atoms in total. The largest absolute Gasteiger partial charge is 0.488 e. The van der Waals surface area contributed by atoms with Gasteiger partial charge in [-0.2, -0.15) is 0 Å². The molecule has 0 saturated carbocycles. The van der Waals surface area contributed by atoms with Crippen LogP contribution in [-0.4, -0.2) is 28.7 Å². The minimum atomic E-state index is -0.203. The van der Waals surface area contributed by atoms with E-state index >= 15 is 0 Å². The molecule has 1 fully saturated rings. The van der Waals surface area contributed by atoms with Crippen molar-refractivity contribution >= 4 is 11.7 Å². The number of fused-ring (bicyclic) bond motifs is 2. The summed E-state index contributed by atoms with van der Waals surface area (Å²) in [6.45, 7) is 6.47. The third-order valence-corrected chi connectivity index (χ3v) is 5.46. The SMILES string of the molecule is CC(C)(C)Oc1ccc(C2=CC3CCC(C2)N3C(=O)OCc2ccccc2)cc1. The zero-order valence-corrected chi connectivity index (χ0v) is 17.4. The van der Waals surface area contributed by atoms with Gasteiger partial charge in [0, 0.05) is 6.04 Å². The Labute approximate surface area is 173 Å². The fraction of sp³-hybridized carbons (Fsp3) is 0.400. The number of rotatable bonds is 4. The molecule has 2 heterocycles. The quantitative estimate of drug-likeness (QED) is 0.659. The van der Waals surface area contributed by atoms with Crippen LogP contribution in [-0.2, 0) is 11.3 Å². The Morgan fingerprint density at radius 2 is 1.76 bits per heavy atom. The van der Waals surface area contributed by atoms with Gasteiger partial charge in [0.1, 0.15) is 18.0 Å². The fourth-order valence-electron chi connectivity index (χ4n) is 4.21. The summed E-state index contributed by atoms with van der Waals surface area (Å²) in [6, 6.07) is 18.5.